The highest BCUT2D eigenvalue weighted by molar-refractivity contribution is 5.87. The van der Waals surface area contributed by atoms with Crippen LogP contribution >= 0.6 is 0 Å². The van der Waals surface area contributed by atoms with Crippen LogP contribution < -0.4 is 5.32 Å². The van der Waals surface area contributed by atoms with Gasteiger partial charge in [-0.05, 0) is 31.5 Å². The first-order chi connectivity index (χ1) is 7.36. The van der Waals surface area contributed by atoms with E-state index >= 15 is 0 Å². The van der Waals surface area contributed by atoms with Crippen LogP contribution in [0.5, 0.6) is 5.75 Å². The number of rotatable bonds is 1. The molecule has 2 heterocycles. The normalized spacial score (nSPS) is 21.2. The molecule has 1 aromatic heterocycles. The highest BCUT2D eigenvalue weighted by atomic mass is 16.3. The van der Waals surface area contributed by atoms with Gasteiger partial charge in [-0.2, -0.15) is 0 Å². The molecular formula is C12H14N2O. The monoisotopic (exact) mass is 202 g/mol. The molecule has 3 nitrogen and oxygen atoms in total. The fraction of sp³-hybridized carbons (Fsp3) is 0.333. The van der Waals surface area contributed by atoms with Gasteiger partial charge in [0.1, 0.15) is 5.75 Å². The Bertz CT molecular complexity index is 483. The minimum absolute atomic E-state index is 0.323. The summed E-state index contributed by atoms with van der Waals surface area (Å²) >= 11 is 0. The molecule has 0 bridgehead atoms. The lowest BCUT2D eigenvalue weighted by Gasteiger charge is -2.12. The molecule has 1 fully saturated rings. The van der Waals surface area contributed by atoms with E-state index in [1.807, 2.05) is 24.4 Å². The minimum Gasteiger partial charge on any atom is -0.507 e. The van der Waals surface area contributed by atoms with Crippen molar-refractivity contribution in [1.29, 1.82) is 0 Å². The highest BCUT2D eigenvalue weighted by Crippen LogP contribution is 2.35. The lowest BCUT2D eigenvalue weighted by Crippen LogP contribution is -2.12. The van der Waals surface area contributed by atoms with Gasteiger partial charge < -0.3 is 15.4 Å². The highest BCUT2D eigenvalue weighted by Gasteiger charge is 2.20. The molecule has 0 radical (unpaired) electrons. The van der Waals surface area contributed by atoms with Crippen molar-refractivity contribution in [3.63, 3.8) is 0 Å². The molecule has 15 heavy (non-hydrogen) atoms. The molecule has 0 aliphatic carbocycles. The number of aromatic hydroxyl groups is 1. The fourth-order valence-electron chi connectivity index (χ4n) is 2.37. The SMILES string of the molecule is Oc1c([C@@H]2CCCN2)ccc2[nH]ccc12. The number of nitrogens with one attached hydrogen (secondary N) is 2. The van der Waals surface area contributed by atoms with Crippen molar-refractivity contribution in [2.24, 2.45) is 0 Å². The quantitative estimate of drug-likeness (QED) is 0.664. The zero-order valence-corrected chi connectivity index (χ0v) is 8.46. The maximum Gasteiger partial charge on any atom is 0.129 e. The second-order valence-corrected chi connectivity index (χ2v) is 4.09. The summed E-state index contributed by atoms with van der Waals surface area (Å²) in [5, 5.41) is 14.5. The van der Waals surface area contributed by atoms with Crippen LogP contribution in [0, 0.1) is 0 Å². The first-order valence-corrected chi connectivity index (χ1v) is 5.38. The van der Waals surface area contributed by atoms with Crippen LogP contribution in [0.25, 0.3) is 10.9 Å². The van der Waals surface area contributed by atoms with Crippen LogP contribution in [0.1, 0.15) is 24.4 Å². The summed E-state index contributed by atoms with van der Waals surface area (Å²) in [6.45, 7) is 1.05. The number of hydrogen-bond acceptors (Lipinski definition) is 2. The van der Waals surface area contributed by atoms with E-state index in [-0.39, 0.29) is 0 Å². The van der Waals surface area contributed by atoms with Crippen LogP contribution in [0.2, 0.25) is 0 Å². The van der Waals surface area contributed by atoms with E-state index in [4.69, 9.17) is 0 Å². The Morgan fingerprint density at radius 2 is 2.20 bits per heavy atom. The van der Waals surface area contributed by atoms with Gasteiger partial charge in [0.15, 0.2) is 0 Å². The summed E-state index contributed by atoms with van der Waals surface area (Å²) in [5.41, 5.74) is 2.02. The van der Waals surface area contributed by atoms with E-state index in [0.29, 0.717) is 11.8 Å². The van der Waals surface area contributed by atoms with Crippen molar-refractivity contribution >= 4 is 10.9 Å². The van der Waals surface area contributed by atoms with Gasteiger partial charge in [0.25, 0.3) is 0 Å². The van der Waals surface area contributed by atoms with E-state index < -0.39 is 0 Å². The Kier molecular flexibility index (Phi) is 1.92. The molecule has 1 aliphatic heterocycles. The first-order valence-electron chi connectivity index (χ1n) is 5.38. The summed E-state index contributed by atoms with van der Waals surface area (Å²) < 4.78 is 0. The molecule has 0 amide bonds. The minimum atomic E-state index is 0.323. The predicted octanol–water partition coefficient (Wildman–Crippen LogP) is 2.30. The standard InChI is InChI=1S/C12H14N2O/c15-12-8(10-2-1-6-13-10)3-4-11-9(12)5-7-14-11/h3-5,7,10,13-15H,1-2,6H2/t10-/m0/s1. The number of phenolic OH excluding ortho intramolecular Hbond substituents is 1. The molecule has 3 rings (SSSR count). The predicted molar refractivity (Wildman–Crippen MR) is 59.9 cm³/mol. The smallest absolute Gasteiger partial charge is 0.129 e. The maximum atomic E-state index is 10.1. The van der Waals surface area contributed by atoms with Gasteiger partial charge in [0.2, 0.25) is 0 Å². The number of fused-ring (bicyclic) bond motifs is 1. The molecule has 1 aromatic carbocycles. The largest absolute Gasteiger partial charge is 0.507 e. The molecule has 2 aromatic rings. The Hall–Kier alpha value is -1.48. The van der Waals surface area contributed by atoms with Crippen LogP contribution in [-0.4, -0.2) is 16.6 Å². The Balaban J connectivity index is 2.13. The second kappa shape index (κ2) is 3.28. The fourth-order valence-corrected chi connectivity index (χ4v) is 2.37. The van der Waals surface area contributed by atoms with Crippen LogP contribution in [0.15, 0.2) is 24.4 Å². The van der Waals surface area contributed by atoms with Crippen molar-refractivity contribution in [3.05, 3.63) is 30.0 Å². The number of hydrogen-bond donors (Lipinski definition) is 3. The molecule has 0 spiro atoms. The number of benzene rings is 1. The molecule has 0 unspecified atom stereocenters. The third-order valence-electron chi connectivity index (χ3n) is 3.17. The van der Waals surface area contributed by atoms with Gasteiger partial charge in [-0.15, -0.1) is 0 Å². The van der Waals surface area contributed by atoms with Crippen molar-refractivity contribution in [2.75, 3.05) is 6.54 Å². The average Bonchev–Trinajstić information content (AvgIpc) is 2.87. The summed E-state index contributed by atoms with van der Waals surface area (Å²) in [6, 6.07) is 6.29. The number of phenols is 1. The molecule has 1 aliphatic rings. The molecule has 78 valence electrons. The van der Waals surface area contributed by atoms with Crippen molar-refractivity contribution in [3.8, 4) is 5.75 Å². The second-order valence-electron chi connectivity index (χ2n) is 4.09. The maximum absolute atomic E-state index is 10.1. The van der Waals surface area contributed by atoms with Gasteiger partial charge in [-0.1, -0.05) is 6.07 Å². The lowest BCUT2D eigenvalue weighted by molar-refractivity contribution is 0.463. The molecular weight excluding hydrogens is 188 g/mol. The third-order valence-corrected chi connectivity index (χ3v) is 3.17. The van der Waals surface area contributed by atoms with Gasteiger partial charge in [0, 0.05) is 28.7 Å². The summed E-state index contributed by atoms with van der Waals surface area (Å²) in [4.78, 5) is 3.10. The number of aromatic nitrogens is 1. The van der Waals surface area contributed by atoms with E-state index in [9.17, 15) is 5.11 Å². The topological polar surface area (TPSA) is 48.0 Å². The van der Waals surface area contributed by atoms with Gasteiger partial charge in [0.05, 0.1) is 0 Å². The number of aromatic amines is 1. The van der Waals surface area contributed by atoms with Crippen molar-refractivity contribution in [1.82, 2.24) is 10.3 Å². The molecule has 1 atom stereocenters. The van der Waals surface area contributed by atoms with Crippen molar-refractivity contribution < 1.29 is 5.11 Å². The Morgan fingerprint density at radius 1 is 1.27 bits per heavy atom. The van der Waals surface area contributed by atoms with E-state index in [0.717, 1.165) is 29.4 Å². The molecule has 3 heteroatoms. The van der Waals surface area contributed by atoms with E-state index in [1.165, 1.54) is 6.42 Å². The van der Waals surface area contributed by atoms with Gasteiger partial charge in [-0.25, -0.2) is 0 Å². The molecule has 3 N–H and O–H groups in total. The summed E-state index contributed by atoms with van der Waals surface area (Å²) in [6.07, 6.45) is 4.16. The first kappa shape index (κ1) is 8.80. The lowest BCUT2D eigenvalue weighted by atomic mass is 10.0. The average molecular weight is 202 g/mol. The zero-order chi connectivity index (χ0) is 10.3. The third kappa shape index (κ3) is 1.31. The van der Waals surface area contributed by atoms with Crippen molar-refractivity contribution in [2.45, 2.75) is 18.9 Å². The summed E-state index contributed by atoms with van der Waals surface area (Å²) in [7, 11) is 0. The molecule has 0 saturated carbocycles. The Morgan fingerprint density at radius 3 is 3.00 bits per heavy atom. The zero-order valence-electron chi connectivity index (χ0n) is 8.46. The van der Waals surface area contributed by atoms with Crippen LogP contribution in [0.4, 0.5) is 0 Å². The summed E-state index contributed by atoms with van der Waals surface area (Å²) in [5.74, 6) is 0.424. The number of H-pyrrole nitrogens is 1. The Labute approximate surface area is 88.1 Å². The van der Waals surface area contributed by atoms with Crippen LogP contribution in [-0.2, 0) is 0 Å². The van der Waals surface area contributed by atoms with E-state index in [2.05, 4.69) is 10.3 Å². The van der Waals surface area contributed by atoms with E-state index in [1.54, 1.807) is 0 Å². The molecule has 1 saturated heterocycles. The van der Waals surface area contributed by atoms with Gasteiger partial charge in [-0.3, -0.25) is 0 Å². The van der Waals surface area contributed by atoms with Gasteiger partial charge >= 0.3 is 0 Å². The van der Waals surface area contributed by atoms with Crippen LogP contribution in [0.3, 0.4) is 0 Å².